The Bertz CT molecular complexity index is 979. The van der Waals surface area contributed by atoms with Crippen molar-refractivity contribution in [3.05, 3.63) is 64.4 Å². The maximum Gasteiger partial charge on any atom is 0.252 e. The Balaban J connectivity index is 1.80. The van der Waals surface area contributed by atoms with E-state index < -0.39 is 0 Å². The van der Waals surface area contributed by atoms with Crippen molar-refractivity contribution in [3.63, 3.8) is 0 Å². The summed E-state index contributed by atoms with van der Waals surface area (Å²) in [5, 5.41) is 3.60. The molecule has 0 aliphatic rings. The number of carbonyl (C=O) groups is 1. The van der Waals surface area contributed by atoms with E-state index in [4.69, 9.17) is 9.47 Å². The van der Waals surface area contributed by atoms with E-state index in [2.05, 4.69) is 10.3 Å². The lowest BCUT2D eigenvalue weighted by Crippen LogP contribution is -2.21. The smallest absolute Gasteiger partial charge is 0.252 e. The minimum atomic E-state index is -0.290. The molecule has 0 saturated carbocycles. The van der Waals surface area contributed by atoms with Crippen LogP contribution in [0.3, 0.4) is 0 Å². The largest absolute Gasteiger partial charge is 0.497 e. The highest BCUT2D eigenvalue weighted by Crippen LogP contribution is 2.19. The normalized spacial score (nSPS) is 10.5. The molecule has 3 rings (SSSR count). The Labute approximate surface area is 144 Å². The Morgan fingerprint density at radius 3 is 2.56 bits per heavy atom. The molecule has 6 nitrogen and oxygen atoms in total. The predicted octanol–water partition coefficient (Wildman–Crippen LogP) is 2.73. The van der Waals surface area contributed by atoms with Crippen molar-refractivity contribution in [1.82, 2.24) is 4.98 Å². The number of aromatic amines is 1. The number of methoxy groups -OCH3 is 2. The molecule has 0 unspecified atom stereocenters. The molecule has 0 bridgehead atoms. The number of fused-ring (bicyclic) bond motifs is 1. The standard InChI is InChI=1S/C19H18N2O4/c1-24-15-5-3-4-14(10-15)20-18(22)9-13-8-12-6-7-16(25-2)11-17(12)21-19(13)23/h3-8,10-11H,9H2,1-2H3,(H,20,22)(H,21,23). The molecule has 0 aliphatic heterocycles. The Morgan fingerprint density at radius 2 is 1.80 bits per heavy atom. The first kappa shape index (κ1) is 16.6. The van der Waals surface area contributed by atoms with Crippen LogP contribution in [0.2, 0.25) is 0 Å². The maximum absolute atomic E-state index is 12.2. The van der Waals surface area contributed by atoms with Crippen molar-refractivity contribution in [3.8, 4) is 11.5 Å². The molecule has 0 atom stereocenters. The van der Waals surface area contributed by atoms with E-state index in [0.717, 1.165) is 5.39 Å². The number of pyridine rings is 1. The van der Waals surface area contributed by atoms with Gasteiger partial charge in [-0.2, -0.15) is 0 Å². The average molecular weight is 338 g/mol. The highest BCUT2D eigenvalue weighted by Gasteiger charge is 2.10. The number of H-pyrrole nitrogens is 1. The van der Waals surface area contributed by atoms with Crippen LogP contribution >= 0.6 is 0 Å². The Hall–Kier alpha value is -3.28. The quantitative estimate of drug-likeness (QED) is 0.749. The number of ether oxygens (including phenoxy) is 2. The van der Waals surface area contributed by atoms with Gasteiger partial charge < -0.3 is 19.8 Å². The van der Waals surface area contributed by atoms with Gasteiger partial charge >= 0.3 is 0 Å². The van der Waals surface area contributed by atoms with Gasteiger partial charge in [0.1, 0.15) is 11.5 Å². The molecule has 1 heterocycles. The fraction of sp³-hybridized carbons (Fsp3) is 0.158. The van der Waals surface area contributed by atoms with Crippen molar-refractivity contribution in [2.24, 2.45) is 0 Å². The van der Waals surface area contributed by atoms with Gasteiger partial charge in [-0.25, -0.2) is 0 Å². The van der Waals surface area contributed by atoms with E-state index >= 15 is 0 Å². The lowest BCUT2D eigenvalue weighted by Gasteiger charge is -2.08. The van der Waals surface area contributed by atoms with Gasteiger partial charge in [-0.15, -0.1) is 0 Å². The van der Waals surface area contributed by atoms with E-state index in [0.29, 0.717) is 28.3 Å². The first-order chi connectivity index (χ1) is 12.1. The minimum Gasteiger partial charge on any atom is -0.497 e. The van der Waals surface area contributed by atoms with Gasteiger partial charge in [0.2, 0.25) is 5.91 Å². The molecule has 0 fully saturated rings. The van der Waals surface area contributed by atoms with Crippen LogP contribution in [-0.4, -0.2) is 25.1 Å². The highest BCUT2D eigenvalue weighted by atomic mass is 16.5. The number of carbonyl (C=O) groups excluding carboxylic acids is 1. The fourth-order valence-electron chi connectivity index (χ4n) is 2.56. The van der Waals surface area contributed by atoms with Gasteiger partial charge in [-0.3, -0.25) is 9.59 Å². The molecular weight excluding hydrogens is 320 g/mol. The number of hydrogen-bond acceptors (Lipinski definition) is 4. The number of hydrogen-bond donors (Lipinski definition) is 2. The van der Waals surface area contributed by atoms with Gasteiger partial charge in [-0.05, 0) is 35.7 Å². The Morgan fingerprint density at radius 1 is 1.04 bits per heavy atom. The van der Waals surface area contributed by atoms with Crippen LogP contribution in [0, 0.1) is 0 Å². The summed E-state index contributed by atoms with van der Waals surface area (Å²) in [5.41, 5.74) is 1.40. The Kier molecular flexibility index (Phi) is 4.70. The van der Waals surface area contributed by atoms with E-state index in [9.17, 15) is 9.59 Å². The first-order valence-electron chi connectivity index (χ1n) is 7.73. The lowest BCUT2D eigenvalue weighted by atomic mass is 10.1. The summed E-state index contributed by atoms with van der Waals surface area (Å²) in [5.74, 6) is 1.04. The van der Waals surface area contributed by atoms with Crippen molar-refractivity contribution in [2.75, 3.05) is 19.5 Å². The van der Waals surface area contributed by atoms with Crippen molar-refractivity contribution >= 4 is 22.5 Å². The van der Waals surface area contributed by atoms with Crippen LogP contribution < -0.4 is 20.3 Å². The minimum absolute atomic E-state index is 0.0193. The summed E-state index contributed by atoms with van der Waals surface area (Å²) in [4.78, 5) is 27.3. The molecule has 6 heteroatoms. The van der Waals surface area contributed by atoms with Crippen molar-refractivity contribution < 1.29 is 14.3 Å². The third kappa shape index (κ3) is 3.80. The summed E-state index contributed by atoms with van der Waals surface area (Å²) in [6, 6.07) is 14.2. The van der Waals surface area contributed by atoms with Crippen LogP contribution in [0.4, 0.5) is 5.69 Å². The summed E-state index contributed by atoms with van der Waals surface area (Å²) in [6.45, 7) is 0. The number of rotatable bonds is 5. The number of aromatic nitrogens is 1. The second kappa shape index (κ2) is 7.09. The first-order valence-corrected chi connectivity index (χ1v) is 7.73. The summed E-state index contributed by atoms with van der Waals surface area (Å²) < 4.78 is 10.3. The van der Waals surface area contributed by atoms with Crippen molar-refractivity contribution in [1.29, 1.82) is 0 Å². The van der Waals surface area contributed by atoms with E-state index in [1.165, 1.54) is 0 Å². The lowest BCUT2D eigenvalue weighted by molar-refractivity contribution is -0.115. The molecule has 1 aromatic heterocycles. The number of amides is 1. The molecule has 2 N–H and O–H groups in total. The number of benzene rings is 2. The van der Waals surface area contributed by atoms with E-state index in [1.54, 1.807) is 56.7 Å². The third-order valence-electron chi connectivity index (χ3n) is 3.83. The third-order valence-corrected chi connectivity index (χ3v) is 3.83. The van der Waals surface area contributed by atoms with Crippen LogP contribution in [0.25, 0.3) is 10.9 Å². The summed E-state index contributed by atoms with van der Waals surface area (Å²) in [6.07, 6.45) is -0.0193. The van der Waals surface area contributed by atoms with Crippen LogP contribution in [0.15, 0.2) is 53.3 Å². The zero-order valence-corrected chi connectivity index (χ0v) is 14.0. The highest BCUT2D eigenvalue weighted by molar-refractivity contribution is 5.93. The van der Waals surface area contributed by atoms with Crippen molar-refractivity contribution in [2.45, 2.75) is 6.42 Å². The van der Waals surface area contributed by atoms with Gasteiger partial charge in [-0.1, -0.05) is 6.07 Å². The number of anilines is 1. The molecule has 3 aromatic rings. The zero-order chi connectivity index (χ0) is 17.8. The van der Waals surface area contributed by atoms with E-state index in [-0.39, 0.29) is 17.9 Å². The van der Waals surface area contributed by atoms with Gasteiger partial charge in [0.25, 0.3) is 5.56 Å². The molecule has 128 valence electrons. The maximum atomic E-state index is 12.2. The van der Waals surface area contributed by atoms with Crippen LogP contribution in [0.5, 0.6) is 11.5 Å². The SMILES string of the molecule is COc1cccc(NC(=O)Cc2cc3ccc(OC)cc3[nH]c2=O)c1. The molecular formula is C19H18N2O4. The topological polar surface area (TPSA) is 80.4 Å². The summed E-state index contributed by atoms with van der Waals surface area (Å²) in [7, 11) is 3.13. The molecule has 1 amide bonds. The summed E-state index contributed by atoms with van der Waals surface area (Å²) >= 11 is 0. The second-order valence-corrected chi connectivity index (χ2v) is 5.53. The average Bonchev–Trinajstić information content (AvgIpc) is 2.62. The molecule has 0 radical (unpaired) electrons. The monoisotopic (exact) mass is 338 g/mol. The zero-order valence-electron chi connectivity index (χ0n) is 14.0. The number of nitrogens with one attached hydrogen (secondary N) is 2. The van der Waals surface area contributed by atoms with Crippen LogP contribution in [0.1, 0.15) is 5.56 Å². The second-order valence-electron chi connectivity index (χ2n) is 5.53. The predicted molar refractivity (Wildman–Crippen MR) is 96.4 cm³/mol. The molecule has 0 aliphatic carbocycles. The molecule has 25 heavy (non-hydrogen) atoms. The van der Waals surface area contributed by atoms with Gasteiger partial charge in [0.05, 0.1) is 26.2 Å². The molecule has 0 saturated heterocycles. The van der Waals surface area contributed by atoms with Gasteiger partial charge in [0, 0.05) is 23.4 Å². The van der Waals surface area contributed by atoms with Gasteiger partial charge in [0.15, 0.2) is 0 Å². The molecule has 2 aromatic carbocycles. The molecule has 0 spiro atoms. The van der Waals surface area contributed by atoms with E-state index in [1.807, 2.05) is 6.07 Å². The van der Waals surface area contributed by atoms with Crippen LogP contribution in [-0.2, 0) is 11.2 Å². The fourth-order valence-corrected chi connectivity index (χ4v) is 2.56.